The van der Waals surface area contributed by atoms with Crippen molar-refractivity contribution < 1.29 is 23.8 Å². The predicted octanol–water partition coefficient (Wildman–Crippen LogP) is 2.86. The summed E-state index contributed by atoms with van der Waals surface area (Å²) in [6.45, 7) is 9.04. The molecular weight excluding hydrogens is 284 g/mol. The zero-order chi connectivity index (χ0) is 16.3. The number of rotatable bonds is 4. The van der Waals surface area contributed by atoms with Crippen molar-refractivity contribution in [3.8, 4) is 5.75 Å². The van der Waals surface area contributed by atoms with E-state index >= 15 is 0 Å². The van der Waals surface area contributed by atoms with Gasteiger partial charge in [-0.3, -0.25) is 0 Å². The largest absolute Gasteiger partial charge is 0.489 e. The molecule has 5 heteroatoms. The van der Waals surface area contributed by atoms with Crippen LogP contribution in [0.25, 0.3) is 6.08 Å². The number of hydrogen-bond acceptors (Lipinski definition) is 5. The van der Waals surface area contributed by atoms with Crippen LogP contribution in [0.5, 0.6) is 5.75 Å². The maximum Gasteiger partial charge on any atom is 0.348 e. The van der Waals surface area contributed by atoms with Gasteiger partial charge in [-0.2, -0.15) is 0 Å². The fourth-order valence-electron chi connectivity index (χ4n) is 1.85. The van der Waals surface area contributed by atoms with E-state index in [2.05, 4.69) is 6.58 Å². The van der Waals surface area contributed by atoms with Crippen molar-refractivity contribution >= 4 is 18.0 Å². The second-order valence-corrected chi connectivity index (χ2v) is 5.56. The minimum Gasteiger partial charge on any atom is -0.489 e. The Kier molecular flexibility index (Phi) is 4.35. The standard InChI is InChI=1S/C17H18O5/c1-11(2)10-20-13-7-5-6-12(8-13)9-14-15(18)21-17(3,4)22-16(14)19/h5-9H,1,10H2,2-4H3. The van der Waals surface area contributed by atoms with Crippen LogP contribution in [0.4, 0.5) is 0 Å². The van der Waals surface area contributed by atoms with Crippen LogP contribution in [-0.4, -0.2) is 24.3 Å². The lowest BCUT2D eigenvalue weighted by molar-refractivity contribution is -0.222. The van der Waals surface area contributed by atoms with E-state index < -0.39 is 17.7 Å². The minimum atomic E-state index is -1.24. The molecule has 1 fully saturated rings. The van der Waals surface area contributed by atoms with Gasteiger partial charge < -0.3 is 14.2 Å². The van der Waals surface area contributed by atoms with Crippen molar-refractivity contribution in [2.24, 2.45) is 0 Å². The van der Waals surface area contributed by atoms with Crippen LogP contribution >= 0.6 is 0 Å². The van der Waals surface area contributed by atoms with Crippen molar-refractivity contribution in [1.29, 1.82) is 0 Å². The van der Waals surface area contributed by atoms with E-state index in [1.54, 1.807) is 24.3 Å². The van der Waals surface area contributed by atoms with Gasteiger partial charge in [0.2, 0.25) is 0 Å². The molecule has 0 saturated carbocycles. The summed E-state index contributed by atoms with van der Waals surface area (Å²) in [6.07, 6.45) is 1.42. The van der Waals surface area contributed by atoms with Gasteiger partial charge in [0.15, 0.2) is 0 Å². The Bertz CT molecular complexity index is 633. The number of hydrogen-bond donors (Lipinski definition) is 0. The summed E-state index contributed by atoms with van der Waals surface area (Å²) in [5, 5.41) is 0. The zero-order valence-electron chi connectivity index (χ0n) is 12.8. The lowest BCUT2D eigenvalue weighted by Crippen LogP contribution is -2.41. The summed E-state index contributed by atoms with van der Waals surface area (Å²) >= 11 is 0. The molecule has 0 aliphatic carbocycles. The maximum absolute atomic E-state index is 11.9. The lowest BCUT2D eigenvalue weighted by Gasteiger charge is -2.29. The van der Waals surface area contributed by atoms with E-state index in [0.717, 1.165) is 5.57 Å². The molecule has 0 aromatic heterocycles. The molecule has 1 aliphatic rings. The van der Waals surface area contributed by atoms with E-state index in [4.69, 9.17) is 14.2 Å². The third-order valence-electron chi connectivity index (χ3n) is 2.77. The average molecular weight is 302 g/mol. The summed E-state index contributed by atoms with van der Waals surface area (Å²) in [4.78, 5) is 23.8. The fraction of sp³-hybridized carbons (Fsp3) is 0.294. The van der Waals surface area contributed by atoms with Gasteiger partial charge >= 0.3 is 11.9 Å². The molecule has 116 valence electrons. The van der Waals surface area contributed by atoms with Gasteiger partial charge in [0, 0.05) is 13.8 Å². The summed E-state index contributed by atoms with van der Waals surface area (Å²) in [5.41, 5.74) is 1.39. The molecule has 0 amide bonds. The van der Waals surface area contributed by atoms with Crippen molar-refractivity contribution in [1.82, 2.24) is 0 Å². The summed E-state index contributed by atoms with van der Waals surface area (Å²) in [5.74, 6) is -2.02. The van der Waals surface area contributed by atoms with Gasteiger partial charge in [-0.05, 0) is 36.3 Å². The highest BCUT2D eigenvalue weighted by molar-refractivity contribution is 6.18. The molecule has 2 rings (SSSR count). The van der Waals surface area contributed by atoms with E-state index in [1.807, 2.05) is 6.92 Å². The SMILES string of the molecule is C=C(C)COc1cccc(C=C2C(=O)OC(C)(C)OC2=O)c1. The number of esters is 2. The lowest BCUT2D eigenvalue weighted by atomic mass is 10.1. The Hall–Kier alpha value is -2.56. The van der Waals surface area contributed by atoms with Crippen LogP contribution < -0.4 is 4.74 Å². The van der Waals surface area contributed by atoms with Crippen LogP contribution in [0.15, 0.2) is 42.0 Å². The number of benzene rings is 1. The van der Waals surface area contributed by atoms with Crippen molar-refractivity contribution in [2.75, 3.05) is 6.61 Å². The molecule has 1 aliphatic heterocycles. The van der Waals surface area contributed by atoms with Crippen molar-refractivity contribution in [3.63, 3.8) is 0 Å². The number of carbonyl (C=O) groups is 2. The molecule has 0 bridgehead atoms. The first kappa shape index (κ1) is 15.8. The van der Waals surface area contributed by atoms with E-state index in [9.17, 15) is 9.59 Å². The van der Waals surface area contributed by atoms with Gasteiger partial charge in [0.05, 0.1) is 0 Å². The van der Waals surface area contributed by atoms with E-state index in [1.165, 1.54) is 19.9 Å². The smallest absolute Gasteiger partial charge is 0.348 e. The first-order valence-electron chi connectivity index (χ1n) is 6.82. The average Bonchev–Trinajstić information content (AvgIpc) is 2.40. The van der Waals surface area contributed by atoms with Gasteiger partial charge in [-0.1, -0.05) is 18.7 Å². The molecule has 0 spiro atoms. The Morgan fingerprint density at radius 3 is 2.50 bits per heavy atom. The fourth-order valence-corrected chi connectivity index (χ4v) is 1.85. The molecule has 0 radical (unpaired) electrons. The van der Waals surface area contributed by atoms with Gasteiger partial charge in [-0.25, -0.2) is 9.59 Å². The predicted molar refractivity (Wildman–Crippen MR) is 81.0 cm³/mol. The third-order valence-corrected chi connectivity index (χ3v) is 2.77. The minimum absolute atomic E-state index is 0.142. The highest BCUT2D eigenvalue weighted by atomic mass is 16.7. The molecule has 1 saturated heterocycles. The quantitative estimate of drug-likeness (QED) is 0.370. The number of cyclic esters (lactones) is 2. The molecule has 1 aromatic rings. The second-order valence-electron chi connectivity index (χ2n) is 5.56. The maximum atomic E-state index is 11.9. The first-order chi connectivity index (χ1) is 10.3. The Morgan fingerprint density at radius 2 is 1.91 bits per heavy atom. The van der Waals surface area contributed by atoms with Gasteiger partial charge in [0.25, 0.3) is 5.79 Å². The highest BCUT2D eigenvalue weighted by Gasteiger charge is 2.38. The number of ether oxygens (including phenoxy) is 3. The summed E-state index contributed by atoms with van der Waals surface area (Å²) in [6, 6.07) is 7.02. The van der Waals surface area contributed by atoms with Crippen LogP contribution in [0, 0.1) is 0 Å². The van der Waals surface area contributed by atoms with E-state index in [-0.39, 0.29) is 5.57 Å². The highest BCUT2D eigenvalue weighted by Crippen LogP contribution is 2.25. The molecule has 22 heavy (non-hydrogen) atoms. The molecular formula is C17H18O5. The summed E-state index contributed by atoms with van der Waals surface area (Å²) in [7, 11) is 0. The van der Waals surface area contributed by atoms with Crippen molar-refractivity contribution in [2.45, 2.75) is 26.6 Å². The molecule has 1 aromatic carbocycles. The monoisotopic (exact) mass is 302 g/mol. The van der Waals surface area contributed by atoms with Crippen LogP contribution in [0.1, 0.15) is 26.3 Å². The van der Waals surface area contributed by atoms with Crippen LogP contribution in [0.2, 0.25) is 0 Å². The number of carbonyl (C=O) groups excluding carboxylic acids is 2. The molecule has 0 N–H and O–H groups in total. The van der Waals surface area contributed by atoms with Gasteiger partial charge in [-0.15, -0.1) is 0 Å². The Labute approximate surface area is 129 Å². The van der Waals surface area contributed by atoms with Gasteiger partial charge in [0.1, 0.15) is 17.9 Å². The second kappa shape index (κ2) is 6.05. The topological polar surface area (TPSA) is 61.8 Å². The van der Waals surface area contributed by atoms with Crippen LogP contribution in [0.3, 0.4) is 0 Å². The summed E-state index contributed by atoms with van der Waals surface area (Å²) < 4.78 is 15.6. The van der Waals surface area contributed by atoms with Crippen molar-refractivity contribution in [3.05, 3.63) is 47.6 Å². The zero-order valence-corrected chi connectivity index (χ0v) is 12.8. The molecule has 0 unspecified atom stereocenters. The molecule has 1 heterocycles. The normalized spacial score (nSPS) is 16.6. The first-order valence-corrected chi connectivity index (χ1v) is 6.82. The molecule has 5 nitrogen and oxygen atoms in total. The molecule has 0 atom stereocenters. The van der Waals surface area contributed by atoms with E-state index in [0.29, 0.717) is 17.9 Å². The van der Waals surface area contributed by atoms with Crippen LogP contribution in [-0.2, 0) is 19.1 Å². The Morgan fingerprint density at radius 1 is 1.27 bits per heavy atom. The third kappa shape index (κ3) is 3.97. The Balaban J connectivity index is 2.22.